The maximum absolute atomic E-state index is 11.8. The normalized spacial score (nSPS) is 12.1. The van der Waals surface area contributed by atoms with Crippen molar-refractivity contribution in [1.82, 2.24) is 15.3 Å². The maximum Gasteiger partial charge on any atom is 0.319 e. The molecule has 0 saturated heterocycles. The second-order valence-corrected chi connectivity index (χ2v) is 6.99. The third-order valence-electron chi connectivity index (χ3n) is 3.10. The number of aliphatic hydroxyl groups is 1. The lowest BCUT2D eigenvalue weighted by Crippen LogP contribution is -2.37. The van der Waals surface area contributed by atoms with Crippen LogP contribution in [0.4, 0.5) is 10.5 Å². The zero-order chi connectivity index (χ0) is 16.1. The number of nitrogens with zero attached hydrogens (tertiary/aromatic N) is 2. The number of anilines is 1. The number of rotatable bonds is 5. The molecule has 1 heterocycles. The van der Waals surface area contributed by atoms with Gasteiger partial charge in [0.05, 0.1) is 18.1 Å². The molecule has 6 nitrogen and oxygen atoms in total. The van der Waals surface area contributed by atoms with E-state index in [2.05, 4.69) is 20.6 Å². The second kappa shape index (κ2) is 6.85. The Balaban J connectivity index is 2.52. The molecular formula is C15H26N4O2. The van der Waals surface area contributed by atoms with Gasteiger partial charge >= 0.3 is 6.03 Å². The lowest BCUT2D eigenvalue weighted by atomic mass is 9.90. The van der Waals surface area contributed by atoms with Gasteiger partial charge in [0.1, 0.15) is 5.82 Å². The van der Waals surface area contributed by atoms with Crippen LogP contribution < -0.4 is 10.6 Å². The molecule has 0 unspecified atom stereocenters. The van der Waals surface area contributed by atoms with E-state index in [-0.39, 0.29) is 23.5 Å². The molecule has 1 aromatic rings. The van der Waals surface area contributed by atoms with Gasteiger partial charge in [-0.15, -0.1) is 0 Å². The molecule has 0 bridgehead atoms. The van der Waals surface area contributed by atoms with Gasteiger partial charge in [-0.1, -0.05) is 34.6 Å². The van der Waals surface area contributed by atoms with Crippen LogP contribution in [0.15, 0.2) is 12.4 Å². The highest BCUT2D eigenvalue weighted by atomic mass is 16.3. The van der Waals surface area contributed by atoms with E-state index < -0.39 is 0 Å². The first-order valence-electron chi connectivity index (χ1n) is 7.12. The lowest BCUT2D eigenvalue weighted by molar-refractivity contribution is 0.204. The van der Waals surface area contributed by atoms with Crippen molar-refractivity contribution in [3.63, 3.8) is 0 Å². The average molecular weight is 294 g/mol. The number of aliphatic hydroxyl groups excluding tert-OH is 1. The van der Waals surface area contributed by atoms with E-state index >= 15 is 0 Å². The van der Waals surface area contributed by atoms with E-state index in [1.165, 1.54) is 0 Å². The smallest absolute Gasteiger partial charge is 0.319 e. The maximum atomic E-state index is 11.8. The summed E-state index contributed by atoms with van der Waals surface area (Å²) in [5, 5.41) is 14.4. The Morgan fingerprint density at radius 3 is 2.24 bits per heavy atom. The SMILES string of the molecule is CC(C)(CCO)CNC(=O)Nc1cnc(C(C)(C)C)nc1. The standard InChI is InChI=1S/C15H26N4O2/c1-14(2,3)12-16-8-11(9-17-12)19-13(21)18-10-15(4,5)6-7-20/h8-9,20H,6-7,10H2,1-5H3,(H2,18,19,21). The van der Waals surface area contributed by atoms with Gasteiger partial charge in [-0.25, -0.2) is 14.8 Å². The zero-order valence-electron chi connectivity index (χ0n) is 13.5. The summed E-state index contributed by atoms with van der Waals surface area (Å²) in [6.45, 7) is 10.7. The molecule has 21 heavy (non-hydrogen) atoms. The number of hydrogen-bond acceptors (Lipinski definition) is 4. The Hall–Kier alpha value is -1.69. The van der Waals surface area contributed by atoms with Gasteiger partial charge in [0.25, 0.3) is 0 Å². The van der Waals surface area contributed by atoms with Gasteiger partial charge in [0.2, 0.25) is 0 Å². The summed E-state index contributed by atoms with van der Waals surface area (Å²) < 4.78 is 0. The van der Waals surface area contributed by atoms with Crippen LogP contribution in [-0.2, 0) is 5.41 Å². The van der Waals surface area contributed by atoms with Crippen molar-refractivity contribution in [2.24, 2.45) is 5.41 Å². The van der Waals surface area contributed by atoms with Crippen molar-refractivity contribution >= 4 is 11.7 Å². The molecule has 118 valence electrons. The van der Waals surface area contributed by atoms with Gasteiger partial charge in [0.15, 0.2) is 0 Å². The summed E-state index contributed by atoms with van der Waals surface area (Å²) in [7, 11) is 0. The highest BCUT2D eigenvalue weighted by Crippen LogP contribution is 2.19. The fraction of sp³-hybridized carbons (Fsp3) is 0.667. The molecule has 0 saturated carbocycles. The minimum absolute atomic E-state index is 0.110. The van der Waals surface area contributed by atoms with Crippen molar-refractivity contribution in [2.75, 3.05) is 18.5 Å². The Morgan fingerprint density at radius 2 is 1.76 bits per heavy atom. The summed E-state index contributed by atoms with van der Waals surface area (Å²) >= 11 is 0. The molecule has 0 aliphatic heterocycles. The number of aromatic nitrogens is 2. The number of carbonyl (C=O) groups is 1. The number of amides is 2. The zero-order valence-corrected chi connectivity index (χ0v) is 13.5. The molecule has 0 atom stereocenters. The van der Waals surface area contributed by atoms with Crippen molar-refractivity contribution < 1.29 is 9.90 Å². The third kappa shape index (κ3) is 6.08. The van der Waals surface area contributed by atoms with Crippen LogP contribution in [0.3, 0.4) is 0 Å². The van der Waals surface area contributed by atoms with E-state index in [4.69, 9.17) is 5.11 Å². The van der Waals surface area contributed by atoms with Crippen LogP contribution in [0.25, 0.3) is 0 Å². The molecule has 0 spiro atoms. The van der Waals surface area contributed by atoms with Crippen molar-refractivity contribution in [3.05, 3.63) is 18.2 Å². The minimum atomic E-state index is -0.298. The third-order valence-corrected chi connectivity index (χ3v) is 3.10. The van der Waals surface area contributed by atoms with Crippen LogP contribution in [-0.4, -0.2) is 34.3 Å². The van der Waals surface area contributed by atoms with Gasteiger partial charge in [0, 0.05) is 18.6 Å². The molecule has 1 rings (SSSR count). The van der Waals surface area contributed by atoms with Crippen LogP contribution in [0.2, 0.25) is 0 Å². The highest BCUT2D eigenvalue weighted by Gasteiger charge is 2.19. The summed E-state index contributed by atoms with van der Waals surface area (Å²) in [5.74, 6) is 0.734. The van der Waals surface area contributed by atoms with E-state index in [1.54, 1.807) is 12.4 Å². The fourth-order valence-corrected chi connectivity index (χ4v) is 1.67. The number of hydrogen-bond donors (Lipinski definition) is 3. The van der Waals surface area contributed by atoms with Crippen molar-refractivity contribution in [3.8, 4) is 0 Å². The van der Waals surface area contributed by atoms with Gasteiger partial charge in [-0.05, 0) is 11.8 Å². The van der Waals surface area contributed by atoms with Crippen LogP contribution in [0.1, 0.15) is 46.9 Å². The topological polar surface area (TPSA) is 87.1 Å². The summed E-state index contributed by atoms with van der Waals surface area (Å²) in [6, 6.07) is -0.298. The second-order valence-electron chi connectivity index (χ2n) is 6.99. The van der Waals surface area contributed by atoms with Crippen LogP contribution >= 0.6 is 0 Å². The van der Waals surface area contributed by atoms with E-state index in [0.717, 1.165) is 5.82 Å². The number of nitrogens with one attached hydrogen (secondary N) is 2. The molecule has 6 heteroatoms. The van der Waals surface area contributed by atoms with Crippen LogP contribution in [0, 0.1) is 5.41 Å². The Kier molecular flexibility index (Phi) is 5.66. The number of urea groups is 1. The molecular weight excluding hydrogens is 268 g/mol. The molecule has 0 aromatic carbocycles. The Morgan fingerprint density at radius 1 is 1.19 bits per heavy atom. The lowest BCUT2D eigenvalue weighted by Gasteiger charge is -2.23. The van der Waals surface area contributed by atoms with Gasteiger partial charge in [-0.3, -0.25) is 0 Å². The van der Waals surface area contributed by atoms with Crippen molar-refractivity contribution in [2.45, 2.75) is 46.5 Å². The molecule has 0 aliphatic rings. The van der Waals surface area contributed by atoms with E-state index in [9.17, 15) is 4.79 Å². The summed E-state index contributed by atoms with van der Waals surface area (Å²) in [4.78, 5) is 20.3. The van der Waals surface area contributed by atoms with Gasteiger partial charge < -0.3 is 15.7 Å². The summed E-state index contributed by atoms with van der Waals surface area (Å²) in [6.07, 6.45) is 3.84. The predicted molar refractivity (Wildman–Crippen MR) is 83.2 cm³/mol. The van der Waals surface area contributed by atoms with E-state index in [1.807, 2.05) is 34.6 Å². The van der Waals surface area contributed by atoms with Gasteiger partial charge in [-0.2, -0.15) is 0 Å². The highest BCUT2D eigenvalue weighted by molar-refractivity contribution is 5.88. The first-order valence-corrected chi connectivity index (χ1v) is 7.12. The quantitative estimate of drug-likeness (QED) is 0.777. The molecule has 2 amide bonds. The molecule has 3 N–H and O–H groups in total. The molecule has 1 aromatic heterocycles. The summed E-state index contributed by atoms with van der Waals surface area (Å²) in [5.41, 5.74) is 0.300. The van der Waals surface area contributed by atoms with E-state index in [0.29, 0.717) is 18.7 Å². The monoisotopic (exact) mass is 294 g/mol. The Labute approximate surface area is 126 Å². The van der Waals surface area contributed by atoms with Crippen LogP contribution in [0.5, 0.6) is 0 Å². The first kappa shape index (κ1) is 17.4. The minimum Gasteiger partial charge on any atom is -0.396 e. The molecule has 0 aliphatic carbocycles. The largest absolute Gasteiger partial charge is 0.396 e. The predicted octanol–water partition coefficient (Wildman–Crippen LogP) is 2.30. The molecule has 0 fully saturated rings. The number of carbonyl (C=O) groups excluding carboxylic acids is 1. The fourth-order valence-electron chi connectivity index (χ4n) is 1.67. The van der Waals surface area contributed by atoms with Crippen molar-refractivity contribution in [1.29, 1.82) is 0 Å². The first-order chi connectivity index (χ1) is 9.64. The molecule has 0 radical (unpaired) electrons. The Bertz CT molecular complexity index is 464. The average Bonchev–Trinajstić information content (AvgIpc) is 2.36.